The van der Waals surface area contributed by atoms with Crippen molar-refractivity contribution in [3.8, 4) is 0 Å². The van der Waals surface area contributed by atoms with Gasteiger partial charge in [0.15, 0.2) is 5.96 Å². The first kappa shape index (κ1) is 24.7. The van der Waals surface area contributed by atoms with Crippen molar-refractivity contribution in [1.29, 1.82) is 0 Å². The van der Waals surface area contributed by atoms with Gasteiger partial charge >= 0.3 is 6.09 Å². The maximum Gasteiger partial charge on any atom is 0.408 e. The Morgan fingerprint density at radius 2 is 1.70 bits per heavy atom. The fourth-order valence-corrected chi connectivity index (χ4v) is 2.67. The number of hydrogen-bond donors (Lipinski definition) is 5. The number of ether oxygens (including phenoxy) is 1. The van der Waals surface area contributed by atoms with Crippen LogP contribution in [-0.2, 0) is 20.9 Å². The number of carbonyl (C=O) groups excluding carboxylic acids is 3. The van der Waals surface area contributed by atoms with Gasteiger partial charge in [-0.25, -0.2) is 4.79 Å². The Labute approximate surface area is 176 Å². The zero-order valence-electron chi connectivity index (χ0n) is 17.5. The Bertz CT molecular complexity index is 719. The van der Waals surface area contributed by atoms with E-state index in [2.05, 4.69) is 15.6 Å². The summed E-state index contributed by atoms with van der Waals surface area (Å²) >= 11 is 0. The second kappa shape index (κ2) is 13.0. The fourth-order valence-electron chi connectivity index (χ4n) is 2.67. The molecule has 1 aromatic rings. The number of primary amides is 1. The third-order valence-corrected chi connectivity index (χ3v) is 4.13. The molecule has 166 valence electrons. The molecule has 0 fully saturated rings. The van der Waals surface area contributed by atoms with E-state index in [4.69, 9.17) is 21.9 Å². The molecule has 0 aliphatic carbocycles. The zero-order valence-corrected chi connectivity index (χ0v) is 17.5. The van der Waals surface area contributed by atoms with E-state index in [0.29, 0.717) is 12.8 Å². The largest absolute Gasteiger partial charge is 0.445 e. The highest BCUT2D eigenvalue weighted by Gasteiger charge is 2.26. The molecule has 0 aromatic heterocycles. The van der Waals surface area contributed by atoms with Crippen LogP contribution in [0.5, 0.6) is 0 Å². The van der Waals surface area contributed by atoms with Gasteiger partial charge in [-0.3, -0.25) is 14.6 Å². The van der Waals surface area contributed by atoms with Crippen LogP contribution < -0.4 is 27.8 Å². The van der Waals surface area contributed by atoms with Crippen molar-refractivity contribution < 1.29 is 19.1 Å². The van der Waals surface area contributed by atoms with E-state index in [1.807, 2.05) is 44.2 Å². The summed E-state index contributed by atoms with van der Waals surface area (Å²) in [6, 6.07) is 7.37. The molecule has 0 spiro atoms. The molecule has 30 heavy (non-hydrogen) atoms. The molecular formula is C20H32N6O4. The molecule has 0 unspecified atom stereocenters. The topological polar surface area (TPSA) is 175 Å². The van der Waals surface area contributed by atoms with Gasteiger partial charge < -0.3 is 32.6 Å². The summed E-state index contributed by atoms with van der Waals surface area (Å²) in [5.41, 5.74) is 16.8. The minimum Gasteiger partial charge on any atom is -0.445 e. The summed E-state index contributed by atoms with van der Waals surface area (Å²) < 4.78 is 5.18. The second-order valence-corrected chi connectivity index (χ2v) is 7.30. The molecule has 3 amide bonds. The highest BCUT2D eigenvalue weighted by Crippen LogP contribution is 2.07. The number of alkyl carbamates (subject to hydrolysis) is 1. The summed E-state index contributed by atoms with van der Waals surface area (Å²) in [6.07, 6.45) is 0.317. The Kier molecular flexibility index (Phi) is 10.7. The van der Waals surface area contributed by atoms with E-state index in [9.17, 15) is 14.4 Å². The predicted octanol–water partition coefficient (Wildman–Crippen LogP) is 0.351. The summed E-state index contributed by atoms with van der Waals surface area (Å²) in [4.78, 5) is 40.4. The molecule has 0 saturated heterocycles. The summed E-state index contributed by atoms with van der Waals surface area (Å²) in [7, 11) is 0. The van der Waals surface area contributed by atoms with Gasteiger partial charge in [0.25, 0.3) is 0 Å². The summed E-state index contributed by atoms with van der Waals surface area (Å²) in [5.74, 6) is -1.08. The van der Waals surface area contributed by atoms with Crippen molar-refractivity contribution in [2.45, 2.75) is 51.8 Å². The molecule has 8 N–H and O–H groups in total. The number of amides is 3. The van der Waals surface area contributed by atoms with Crippen molar-refractivity contribution in [3.05, 3.63) is 35.9 Å². The molecule has 0 bridgehead atoms. The standard InChI is InChI=1S/C20H32N6O4/c1-13(2)11-16(17(21)27)25-18(28)15(9-6-10-24-19(22)23)26-20(29)30-12-14-7-4-3-5-8-14/h3-5,7-8,13,15-16H,6,9-12H2,1-2H3,(H2,21,27)(H,25,28)(H,26,29)(H4,22,23,24)/t15-,16-/m0/s1. The fraction of sp³-hybridized carbons (Fsp3) is 0.500. The molecule has 10 nitrogen and oxygen atoms in total. The predicted molar refractivity (Wildman–Crippen MR) is 114 cm³/mol. The van der Waals surface area contributed by atoms with Crippen LogP contribution in [0.2, 0.25) is 0 Å². The number of guanidine groups is 1. The smallest absolute Gasteiger partial charge is 0.408 e. The van der Waals surface area contributed by atoms with Gasteiger partial charge in [0.1, 0.15) is 18.7 Å². The van der Waals surface area contributed by atoms with Crippen LogP contribution in [0.3, 0.4) is 0 Å². The Balaban J connectivity index is 2.73. The highest BCUT2D eigenvalue weighted by atomic mass is 16.5. The maximum absolute atomic E-state index is 12.7. The minimum atomic E-state index is -0.934. The van der Waals surface area contributed by atoms with Crippen LogP contribution in [0, 0.1) is 5.92 Å². The first-order valence-electron chi connectivity index (χ1n) is 9.81. The monoisotopic (exact) mass is 420 g/mol. The van der Waals surface area contributed by atoms with Gasteiger partial charge in [0.2, 0.25) is 11.8 Å². The van der Waals surface area contributed by atoms with Crippen molar-refractivity contribution >= 4 is 23.9 Å². The number of carbonyl (C=O) groups is 3. The molecule has 0 aliphatic heterocycles. The highest BCUT2D eigenvalue weighted by molar-refractivity contribution is 5.90. The first-order valence-corrected chi connectivity index (χ1v) is 9.81. The summed E-state index contributed by atoms with van der Waals surface area (Å²) in [5, 5.41) is 5.14. The lowest BCUT2D eigenvalue weighted by molar-refractivity contribution is -0.129. The lowest BCUT2D eigenvalue weighted by atomic mass is 10.0. The Morgan fingerprint density at radius 3 is 2.27 bits per heavy atom. The van der Waals surface area contributed by atoms with Gasteiger partial charge in [-0.2, -0.15) is 0 Å². The molecular weight excluding hydrogens is 388 g/mol. The molecule has 0 aliphatic rings. The van der Waals surface area contributed by atoms with E-state index in [0.717, 1.165) is 5.56 Å². The molecule has 0 saturated carbocycles. The van der Waals surface area contributed by atoms with Gasteiger partial charge in [-0.1, -0.05) is 44.2 Å². The van der Waals surface area contributed by atoms with Crippen molar-refractivity contribution in [1.82, 2.24) is 10.6 Å². The molecule has 10 heteroatoms. The first-order chi connectivity index (χ1) is 14.2. The zero-order chi connectivity index (χ0) is 22.5. The number of nitrogens with two attached hydrogens (primary N) is 3. The molecule has 2 atom stereocenters. The summed E-state index contributed by atoms with van der Waals surface area (Å²) in [6.45, 7) is 4.17. The third kappa shape index (κ3) is 10.3. The second-order valence-electron chi connectivity index (χ2n) is 7.30. The quantitative estimate of drug-likeness (QED) is 0.185. The van der Waals surface area contributed by atoms with E-state index in [1.54, 1.807) is 0 Å². The van der Waals surface area contributed by atoms with Gasteiger partial charge in [-0.15, -0.1) is 0 Å². The molecule has 1 rings (SSSR count). The van der Waals surface area contributed by atoms with E-state index in [-0.39, 0.29) is 31.4 Å². The minimum absolute atomic E-state index is 0.0584. The number of nitrogens with zero attached hydrogens (tertiary/aromatic N) is 1. The number of rotatable bonds is 12. The normalized spacial score (nSPS) is 12.5. The van der Waals surface area contributed by atoms with Crippen LogP contribution in [0.15, 0.2) is 35.3 Å². The van der Waals surface area contributed by atoms with Crippen molar-refractivity contribution in [2.75, 3.05) is 6.54 Å². The average molecular weight is 421 g/mol. The lowest BCUT2D eigenvalue weighted by Crippen LogP contribution is -2.53. The van der Waals surface area contributed by atoms with Crippen LogP contribution >= 0.6 is 0 Å². The van der Waals surface area contributed by atoms with Gasteiger partial charge in [-0.05, 0) is 30.7 Å². The number of aliphatic imine (C=N–C) groups is 1. The average Bonchev–Trinajstić information content (AvgIpc) is 2.68. The van der Waals surface area contributed by atoms with Crippen LogP contribution in [0.25, 0.3) is 0 Å². The number of nitrogens with one attached hydrogen (secondary N) is 2. The molecule has 1 aromatic carbocycles. The molecule has 0 heterocycles. The van der Waals surface area contributed by atoms with E-state index in [1.165, 1.54) is 0 Å². The lowest BCUT2D eigenvalue weighted by Gasteiger charge is -2.22. The molecule has 0 radical (unpaired) electrons. The van der Waals surface area contributed by atoms with Gasteiger partial charge in [0, 0.05) is 6.54 Å². The van der Waals surface area contributed by atoms with Crippen LogP contribution in [0.1, 0.15) is 38.7 Å². The van der Waals surface area contributed by atoms with Crippen molar-refractivity contribution in [3.63, 3.8) is 0 Å². The number of hydrogen-bond acceptors (Lipinski definition) is 5. The van der Waals surface area contributed by atoms with Gasteiger partial charge in [0.05, 0.1) is 0 Å². The van der Waals surface area contributed by atoms with E-state index < -0.39 is 30.0 Å². The third-order valence-electron chi connectivity index (χ3n) is 4.13. The van der Waals surface area contributed by atoms with E-state index >= 15 is 0 Å². The van der Waals surface area contributed by atoms with Crippen LogP contribution in [0.4, 0.5) is 4.79 Å². The SMILES string of the molecule is CC(C)C[C@H](NC(=O)[C@H](CCCN=C(N)N)NC(=O)OCc1ccccc1)C(N)=O. The Morgan fingerprint density at radius 1 is 1.03 bits per heavy atom. The maximum atomic E-state index is 12.7. The number of benzene rings is 1. The van der Waals surface area contributed by atoms with Crippen LogP contribution in [-0.4, -0.2) is 42.5 Å². The Hall–Kier alpha value is -3.30. The van der Waals surface area contributed by atoms with Crippen molar-refractivity contribution in [2.24, 2.45) is 28.1 Å².